The summed E-state index contributed by atoms with van der Waals surface area (Å²) < 4.78 is 29.6. The summed E-state index contributed by atoms with van der Waals surface area (Å²) in [5.41, 5.74) is -0.135. The van der Waals surface area contributed by atoms with Crippen molar-refractivity contribution < 1.29 is 22.7 Å². The molecule has 9 heteroatoms. The van der Waals surface area contributed by atoms with Crippen LogP contribution >= 0.6 is 0 Å². The van der Waals surface area contributed by atoms with Crippen LogP contribution in [0.2, 0.25) is 0 Å². The molecule has 0 radical (unpaired) electrons. The Balaban J connectivity index is 3.28. The lowest BCUT2D eigenvalue weighted by molar-refractivity contribution is 0.0823. The largest absolute Gasteiger partial charge is 0.452 e. The number of hydrogen-bond acceptors (Lipinski definition) is 6. The van der Waals surface area contributed by atoms with E-state index in [0.717, 1.165) is 7.11 Å². The first kappa shape index (κ1) is 14.9. The number of amides is 2. The summed E-state index contributed by atoms with van der Waals surface area (Å²) in [5, 5.41) is -0.529. The van der Waals surface area contributed by atoms with Gasteiger partial charge in [-0.3, -0.25) is 4.79 Å². The number of nitrogens with one attached hydrogen (secondary N) is 1. The van der Waals surface area contributed by atoms with Gasteiger partial charge in [0.2, 0.25) is 0 Å². The molecule has 0 aliphatic heterocycles. The number of methoxy groups -OCH3 is 1. The van der Waals surface area contributed by atoms with Gasteiger partial charge in [0.05, 0.1) is 12.7 Å². The van der Waals surface area contributed by atoms with E-state index in [9.17, 15) is 18.0 Å². The van der Waals surface area contributed by atoms with Crippen LogP contribution in [0.1, 0.15) is 10.4 Å². The van der Waals surface area contributed by atoms with Gasteiger partial charge in [0.1, 0.15) is 0 Å². The number of sulfonamides is 1. The molecule has 0 unspecified atom stereocenters. The number of pyridine rings is 1. The Morgan fingerprint density at radius 3 is 2.53 bits per heavy atom. The predicted molar refractivity (Wildman–Crippen MR) is 65.0 cm³/mol. The molecule has 0 fully saturated rings. The number of nitrogens with zero attached hydrogens (tertiary/aromatic N) is 2. The van der Waals surface area contributed by atoms with Crippen LogP contribution < -0.4 is 4.72 Å². The van der Waals surface area contributed by atoms with Gasteiger partial charge >= 0.3 is 6.09 Å². The molecule has 1 aromatic heterocycles. The van der Waals surface area contributed by atoms with Crippen molar-refractivity contribution in [3.05, 3.63) is 23.9 Å². The molecule has 0 bridgehead atoms. The molecule has 0 spiro atoms. The van der Waals surface area contributed by atoms with Gasteiger partial charge in [-0.1, -0.05) is 0 Å². The van der Waals surface area contributed by atoms with Gasteiger partial charge in [-0.25, -0.2) is 14.5 Å². The van der Waals surface area contributed by atoms with Crippen molar-refractivity contribution in [2.24, 2.45) is 0 Å². The van der Waals surface area contributed by atoms with Crippen LogP contribution in [0.3, 0.4) is 0 Å². The zero-order valence-corrected chi connectivity index (χ0v) is 11.4. The SMILES string of the molecule is COC(=O)NS(=O)(=O)c1ncccc1C(=O)N(C)C. The van der Waals surface area contributed by atoms with E-state index in [-0.39, 0.29) is 5.56 Å². The van der Waals surface area contributed by atoms with E-state index in [0.29, 0.717) is 0 Å². The molecule has 0 atom stereocenters. The Bertz CT molecular complexity index is 597. The molecule has 8 nitrogen and oxygen atoms in total. The number of aromatic nitrogens is 1. The van der Waals surface area contributed by atoms with E-state index >= 15 is 0 Å². The van der Waals surface area contributed by atoms with Crippen LogP contribution in [-0.4, -0.2) is 51.5 Å². The molecular weight excluding hydrogens is 274 g/mol. The van der Waals surface area contributed by atoms with Gasteiger partial charge in [-0.15, -0.1) is 0 Å². The molecule has 0 aromatic carbocycles. The van der Waals surface area contributed by atoms with Crippen molar-refractivity contribution in [2.75, 3.05) is 21.2 Å². The maximum Gasteiger partial charge on any atom is 0.420 e. The van der Waals surface area contributed by atoms with Crippen molar-refractivity contribution >= 4 is 22.0 Å². The molecule has 1 rings (SSSR count). The number of ether oxygens (including phenoxy) is 1. The second-order valence-corrected chi connectivity index (χ2v) is 5.25. The van der Waals surface area contributed by atoms with Crippen LogP contribution in [0.4, 0.5) is 4.79 Å². The van der Waals surface area contributed by atoms with Crippen molar-refractivity contribution in [2.45, 2.75) is 5.03 Å². The minimum absolute atomic E-state index is 0.135. The lowest BCUT2D eigenvalue weighted by Crippen LogP contribution is -2.33. The quantitative estimate of drug-likeness (QED) is 0.827. The van der Waals surface area contributed by atoms with Crippen LogP contribution in [0, 0.1) is 0 Å². The van der Waals surface area contributed by atoms with Crippen molar-refractivity contribution in [3.63, 3.8) is 0 Å². The first-order valence-electron chi connectivity index (χ1n) is 5.07. The summed E-state index contributed by atoms with van der Waals surface area (Å²) >= 11 is 0. The third kappa shape index (κ3) is 3.41. The molecule has 1 aromatic rings. The van der Waals surface area contributed by atoms with Crippen LogP contribution in [0.25, 0.3) is 0 Å². The number of carbonyl (C=O) groups is 2. The summed E-state index contributed by atoms with van der Waals surface area (Å²) in [6.07, 6.45) is 0.0482. The summed E-state index contributed by atoms with van der Waals surface area (Å²) in [4.78, 5) is 27.7. The third-order valence-electron chi connectivity index (χ3n) is 2.07. The molecule has 19 heavy (non-hydrogen) atoms. The van der Waals surface area contributed by atoms with Gasteiger partial charge in [0.25, 0.3) is 15.9 Å². The van der Waals surface area contributed by atoms with Gasteiger partial charge in [-0.2, -0.15) is 8.42 Å². The predicted octanol–water partition coefficient (Wildman–Crippen LogP) is -0.172. The molecule has 1 heterocycles. The molecule has 104 valence electrons. The second-order valence-electron chi connectivity index (χ2n) is 3.65. The van der Waals surface area contributed by atoms with Gasteiger partial charge < -0.3 is 9.64 Å². The average Bonchev–Trinajstić information content (AvgIpc) is 2.37. The molecule has 2 amide bonds. The molecular formula is C10H13N3O5S. The maximum absolute atomic E-state index is 11.9. The lowest BCUT2D eigenvalue weighted by Gasteiger charge is -2.13. The Morgan fingerprint density at radius 1 is 1.37 bits per heavy atom. The highest BCUT2D eigenvalue weighted by Gasteiger charge is 2.26. The van der Waals surface area contributed by atoms with E-state index in [4.69, 9.17) is 0 Å². The Morgan fingerprint density at radius 2 is 2.00 bits per heavy atom. The Hall–Kier alpha value is -2.16. The fourth-order valence-corrected chi connectivity index (χ4v) is 2.25. The molecule has 1 N–H and O–H groups in total. The average molecular weight is 287 g/mol. The monoisotopic (exact) mass is 287 g/mol. The molecule has 0 aliphatic carbocycles. The Labute approximate surface area is 110 Å². The van der Waals surface area contributed by atoms with E-state index in [1.807, 2.05) is 0 Å². The van der Waals surface area contributed by atoms with E-state index in [1.165, 1.54) is 37.3 Å². The van der Waals surface area contributed by atoms with Gasteiger partial charge in [-0.05, 0) is 12.1 Å². The van der Waals surface area contributed by atoms with Crippen molar-refractivity contribution in [3.8, 4) is 0 Å². The molecule has 0 saturated carbocycles. The lowest BCUT2D eigenvalue weighted by atomic mass is 10.2. The standard InChI is InChI=1S/C10H13N3O5S/c1-13(2)9(14)7-5-4-6-11-8(7)19(16,17)12-10(15)18-3/h4-6H,1-3H3,(H,12,15). The van der Waals surface area contributed by atoms with E-state index in [1.54, 1.807) is 4.72 Å². The first-order valence-corrected chi connectivity index (χ1v) is 6.55. The fraction of sp³-hybridized carbons (Fsp3) is 0.300. The first-order chi connectivity index (χ1) is 8.79. The number of hydrogen-bond donors (Lipinski definition) is 1. The molecule has 0 saturated heterocycles. The fourth-order valence-electron chi connectivity index (χ4n) is 1.21. The maximum atomic E-state index is 11.9. The van der Waals surface area contributed by atoms with Crippen molar-refractivity contribution in [1.82, 2.24) is 14.6 Å². The zero-order valence-electron chi connectivity index (χ0n) is 10.6. The van der Waals surface area contributed by atoms with Crippen molar-refractivity contribution in [1.29, 1.82) is 0 Å². The summed E-state index contributed by atoms with van der Waals surface area (Å²) in [6.45, 7) is 0. The normalized spacial score (nSPS) is 10.7. The summed E-state index contributed by atoms with van der Waals surface area (Å²) in [7, 11) is -0.298. The highest BCUT2D eigenvalue weighted by atomic mass is 32.2. The van der Waals surface area contributed by atoms with Crippen LogP contribution in [0.5, 0.6) is 0 Å². The minimum Gasteiger partial charge on any atom is -0.452 e. The second kappa shape index (κ2) is 5.65. The van der Waals surface area contributed by atoms with E-state index in [2.05, 4.69) is 9.72 Å². The minimum atomic E-state index is -4.26. The number of carbonyl (C=O) groups excluding carboxylic acids is 2. The van der Waals surface area contributed by atoms with Crippen LogP contribution in [0.15, 0.2) is 23.4 Å². The Kier molecular flexibility index (Phi) is 4.43. The van der Waals surface area contributed by atoms with Gasteiger partial charge in [0, 0.05) is 20.3 Å². The van der Waals surface area contributed by atoms with Crippen LogP contribution in [-0.2, 0) is 14.8 Å². The highest BCUT2D eigenvalue weighted by molar-refractivity contribution is 7.90. The van der Waals surface area contributed by atoms with Gasteiger partial charge in [0.15, 0.2) is 5.03 Å². The summed E-state index contributed by atoms with van der Waals surface area (Å²) in [5.74, 6) is -0.543. The smallest absolute Gasteiger partial charge is 0.420 e. The van der Waals surface area contributed by atoms with E-state index < -0.39 is 27.0 Å². The zero-order chi connectivity index (χ0) is 14.6. The number of rotatable bonds is 3. The summed E-state index contributed by atoms with van der Waals surface area (Å²) in [6, 6.07) is 2.73. The highest BCUT2D eigenvalue weighted by Crippen LogP contribution is 2.13. The topological polar surface area (TPSA) is 106 Å². The third-order valence-corrected chi connectivity index (χ3v) is 3.34. The molecule has 0 aliphatic rings.